The molecule has 0 saturated heterocycles. The van der Waals surface area contributed by atoms with Crippen LogP contribution in [0.25, 0.3) is 0 Å². The second-order valence-corrected chi connectivity index (χ2v) is 6.50. The van der Waals surface area contributed by atoms with E-state index < -0.39 is 0 Å². The maximum absolute atomic E-state index is 5.95. The van der Waals surface area contributed by atoms with E-state index in [4.69, 9.17) is 10.5 Å². The van der Waals surface area contributed by atoms with Crippen LogP contribution in [0.5, 0.6) is 5.75 Å². The molecule has 3 N–H and O–H groups in total. The van der Waals surface area contributed by atoms with Crippen molar-refractivity contribution in [2.24, 2.45) is 10.7 Å². The number of hydrogen-bond acceptors (Lipinski definition) is 3. The number of nitrogens with one attached hydrogen (secondary N) is 1. The molecule has 136 valence electrons. The minimum atomic E-state index is 0. The molecule has 1 fully saturated rings. The summed E-state index contributed by atoms with van der Waals surface area (Å²) in [6, 6.07) is 8.50. The second-order valence-electron chi connectivity index (χ2n) is 6.50. The zero-order valence-electron chi connectivity index (χ0n) is 15.0. The van der Waals surface area contributed by atoms with Gasteiger partial charge in [-0.2, -0.15) is 0 Å². The summed E-state index contributed by atoms with van der Waals surface area (Å²) in [5.74, 6) is 1.32. The molecule has 0 aliphatic heterocycles. The molecule has 1 aliphatic rings. The molecule has 0 atom stereocenters. The first-order chi connectivity index (χ1) is 11.0. The average Bonchev–Trinajstić information content (AvgIpc) is 3.03. The number of halogens is 1. The highest BCUT2D eigenvalue weighted by Crippen LogP contribution is 2.22. The smallest absolute Gasteiger partial charge is 0.193 e. The molecule has 0 heterocycles. The first kappa shape index (κ1) is 21.0. The van der Waals surface area contributed by atoms with Crippen LogP contribution < -0.4 is 15.8 Å². The number of aliphatic imine (C=N–C) groups is 1. The Morgan fingerprint density at radius 2 is 1.92 bits per heavy atom. The Balaban J connectivity index is 0.00000288. The number of hydrogen-bond donors (Lipinski definition) is 2. The Morgan fingerprint density at radius 1 is 1.29 bits per heavy atom. The van der Waals surface area contributed by atoms with Gasteiger partial charge in [-0.25, -0.2) is 0 Å². The Hall–Kier alpha value is -1.02. The molecule has 0 bridgehead atoms. The third-order valence-electron chi connectivity index (χ3n) is 4.18. The number of benzene rings is 1. The van der Waals surface area contributed by atoms with Gasteiger partial charge in [0.05, 0.1) is 12.6 Å². The molecule has 1 aromatic rings. The van der Waals surface area contributed by atoms with Crippen molar-refractivity contribution in [1.82, 2.24) is 4.90 Å². The predicted octanol–water partition coefficient (Wildman–Crippen LogP) is 3.69. The highest BCUT2D eigenvalue weighted by Gasteiger charge is 2.18. The Bertz CT molecular complexity index is 498. The van der Waals surface area contributed by atoms with Gasteiger partial charge in [-0.15, -0.1) is 24.0 Å². The fraction of sp³-hybridized carbons (Fsp3) is 0.611. The number of guanidine groups is 1. The Labute approximate surface area is 163 Å². The third-order valence-corrected chi connectivity index (χ3v) is 4.18. The lowest BCUT2D eigenvalue weighted by Gasteiger charge is -2.22. The van der Waals surface area contributed by atoms with Crippen LogP contribution in [-0.4, -0.2) is 43.1 Å². The molecular weight excluding hydrogens is 415 g/mol. The van der Waals surface area contributed by atoms with Crippen molar-refractivity contribution in [2.45, 2.75) is 51.7 Å². The van der Waals surface area contributed by atoms with Gasteiger partial charge in [0, 0.05) is 18.3 Å². The molecule has 1 saturated carbocycles. The van der Waals surface area contributed by atoms with Crippen LogP contribution >= 0.6 is 24.0 Å². The highest BCUT2D eigenvalue weighted by molar-refractivity contribution is 14.0. The first-order valence-electron chi connectivity index (χ1n) is 8.58. The number of nitrogens with zero attached hydrogens (tertiary/aromatic N) is 2. The largest absolute Gasteiger partial charge is 0.491 e. The van der Waals surface area contributed by atoms with Crippen molar-refractivity contribution in [1.29, 1.82) is 0 Å². The quantitative estimate of drug-likeness (QED) is 0.381. The first-order valence-corrected chi connectivity index (χ1v) is 8.58. The molecule has 0 amide bonds. The molecular formula is C18H31IN4O. The van der Waals surface area contributed by atoms with E-state index >= 15 is 0 Å². The van der Waals surface area contributed by atoms with Gasteiger partial charge >= 0.3 is 0 Å². The summed E-state index contributed by atoms with van der Waals surface area (Å²) in [6.45, 7) is 5.70. The van der Waals surface area contributed by atoms with Crippen molar-refractivity contribution in [3.63, 3.8) is 0 Å². The van der Waals surface area contributed by atoms with Crippen LogP contribution in [0.1, 0.15) is 39.5 Å². The Morgan fingerprint density at radius 3 is 2.50 bits per heavy atom. The number of anilines is 1. The molecule has 2 rings (SSSR count). The van der Waals surface area contributed by atoms with Crippen LogP contribution in [0, 0.1) is 0 Å². The summed E-state index contributed by atoms with van der Waals surface area (Å²) in [4.78, 5) is 6.82. The lowest BCUT2D eigenvalue weighted by Crippen LogP contribution is -2.32. The molecule has 1 aromatic carbocycles. The fourth-order valence-electron chi connectivity index (χ4n) is 2.93. The summed E-state index contributed by atoms with van der Waals surface area (Å²) < 4.78 is 5.62. The van der Waals surface area contributed by atoms with Crippen molar-refractivity contribution < 1.29 is 4.74 Å². The van der Waals surface area contributed by atoms with Gasteiger partial charge in [-0.1, -0.05) is 12.8 Å². The van der Waals surface area contributed by atoms with E-state index in [1.54, 1.807) is 0 Å². The number of ether oxygens (including phenoxy) is 1. The standard InChI is InChI=1S/C18H30N4O.HI/c1-14(2)23-17-10-8-15(9-11-17)21-18(19)20-12-13-22(3)16-6-4-5-7-16;/h8-11,14,16H,4-7,12-13H2,1-3H3,(H3,19,20,21);1H. The SMILES string of the molecule is CC(C)Oc1ccc(NC(N)=NCCN(C)C2CCCC2)cc1.I. The van der Waals surface area contributed by atoms with Gasteiger partial charge in [-0.3, -0.25) is 4.99 Å². The second kappa shape index (κ2) is 10.8. The normalized spacial score (nSPS) is 15.6. The highest BCUT2D eigenvalue weighted by atomic mass is 127. The van der Waals surface area contributed by atoms with Crippen LogP contribution in [-0.2, 0) is 0 Å². The monoisotopic (exact) mass is 446 g/mol. The molecule has 0 unspecified atom stereocenters. The Kier molecular flexibility index (Phi) is 9.43. The van der Waals surface area contributed by atoms with Crippen molar-refractivity contribution in [3.8, 4) is 5.75 Å². The molecule has 1 aliphatic carbocycles. The lowest BCUT2D eigenvalue weighted by atomic mass is 10.2. The minimum Gasteiger partial charge on any atom is -0.491 e. The van der Waals surface area contributed by atoms with E-state index in [9.17, 15) is 0 Å². The number of nitrogens with two attached hydrogens (primary N) is 1. The van der Waals surface area contributed by atoms with Gasteiger partial charge in [0.15, 0.2) is 5.96 Å². The van der Waals surface area contributed by atoms with E-state index in [-0.39, 0.29) is 30.1 Å². The summed E-state index contributed by atoms with van der Waals surface area (Å²) in [7, 11) is 2.18. The number of likely N-dealkylation sites (N-methyl/N-ethyl adjacent to an activating group) is 1. The van der Waals surface area contributed by atoms with Crippen molar-refractivity contribution in [2.75, 3.05) is 25.5 Å². The molecule has 0 aromatic heterocycles. The van der Waals surface area contributed by atoms with Crippen molar-refractivity contribution >= 4 is 35.6 Å². The van der Waals surface area contributed by atoms with E-state index in [2.05, 4.69) is 22.3 Å². The third kappa shape index (κ3) is 7.25. The van der Waals surface area contributed by atoms with Gasteiger partial charge < -0.3 is 20.7 Å². The predicted molar refractivity (Wildman–Crippen MR) is 113 cm³/mol. The average molecular weight is 446 g/mol. The fourth-order valence-corrected chi connectivity index (χ4v) is 2.93. The van der Waals surface area contributed by atoms with Gasteiger partial charge in [0.25, 0.3) is 0 Å². The van der Waals surface area contributed by atoms with E-state index in [1.165, 1.54) is 25.7 Å². The molecule has 6 heteroatoms. The van der Waals surface area contributed by atoms with E-state index in [1.807, 2.05) is 38.1 Å². The van der Waals surface area contributed by atoms with E-state index in [0.29, 0.717) is 5.96 Å². The zero-order chi connectivity index (χ0) is 16.7. The minimum absolute atomic E-state index is 0. The van der Waals surface area contributed by atoms with Crippen LogP contribution in [0.3, 0.4) is 0 Å². The molecule has 0 spiro atoms. The summed E-state index contributed by atoms with van der Waals surface area (Å²) in [5.41, 5.74) is 6.88. The molecule has 5 nitrogen and oxygen atoms in total. The topological polar surface area (TPSA) is 62.9 Å². The lowest BCUT2D eigenvalue weighted by molar-refractivity contribution is 0.242. The van der Waals surface area contributed by atoms with Gasteiger partial charge in [0.2, 0.25) is 0 Å². The molecule has 0 radical (unpaired) electrons. The van der Waals surface area contributed by atoms with Crippen LogP contribution in [0.15, 0.2) is 29.3 Å². The van der Waals surface area contributed by atoms with Crippen LogP contribution in [0.4, 0.5) is 5.69 Å². The number of rotatable bonds is 7. The van der Waals surface area contributed by atoms with Crippen LogP contribution in [0.2, 0.25) is 0 Å². The summed E-state index contributed by atoms with van der Waals surface area (Å²) >= 11 is 0. The maximum atomic E-state index is 5.95. The van der Waals surface area contributed by atoms with Crippen molar-refractivity contribution in [3.05, 3.63) is 24.3 Å². The van der Waals surface area contributed by atoms with E-state index in [0.717, 1.165) is 30.6 Å². The molecule has 24 heavy (non-hydrogen) atoms. The maximum Gasteiger partial charge on any atom is 0.193 e. The van der Waals surface area contributed by atoms with Gasteiger partial charge in [-0.05, 0) is 58.0 Å². The summed E-state index contributed by atoms with van der Waals surface area (Å²) in [6.07, 6.45) is 5.53. The summed E-state index contributed by atoms with van der Waals surface area (Å²) in [5, 5.41) is 3.12. The van der Waals surface area contributed by atoms with Gasteiger partial charge in [0.1, 0.15) is 5.75 Å². The zero-order valence-corrected chi connectivity index (χ0v) is 17.3.